The predicted molar refractivity (Wildman–Crippen MR) is 112 cm³/mol. The monoisotopic (exact) mass is 383 g/mol. The maximum atomic E-state index is 12.7. The van der Waals surface area contributed by atoms with Gasteiger partial charge >= 0.3 is 0 Å². The zero-order chi connectivity index (χ0) is 19.8. The van der Waals surface area contributed by atoms with Crippen molar-refractivity contribution in [2.75, 3.05) is 5.32 Å². The van der Waals surface area contributed by atoms with E-state index in [0.717, 1.165) is 28.0 Å². The largest absolute Gasteiger partial charge is 0.355 e. The van der Waals surface area contributed by atoms with E-state index in [1.807, 2.05) is 48.0 Å². The third kappa shape index (κ3) is 3.06. The quantitative estimate of drug-likeness (QED) is 0.440. The van der Waals surface area contributed by atoms with Crippen molar-refractivity contribution >= 4 is 22.4 Å². The van der Waals surface area contributed by atoms with Crippen molar-refractivity contribution in [1.29, 1.82) is 0 Å². The van der Waals surface area contributed by atoms with Crippen molar-refractivity contribution in [3.8, 4) is 17.1 Å². The molecule has 0 aliphatic carbocycles. The summed E-state index contributed by atoms with van der Waals surface area (Å²) in [6.07, 6.45) is 10.4. The molecule has 0 saturated heterocycles. The second-order valence-electron chi connectivity index (χ2n) is 6.67. The van der Waals surface area contributed by atoms with Crippen LogP contribution in [0.25, 0.3) is 28.1 Å². The molecule has 29 heavy (non-hydrogen) atoms. The fraction of sp³-hybridized carbons (Fsp3) is 0.0476. The van der Waals surface area contributed by atoms with E-state index in [0.29, 0.717) is 17.1 Å². The number of imidazole rings is 2. The Labute approximate surface area is 165 Å². The fourth-order valence-electron chi connectivity index (χ4n) is 3.36. The molecular weight excluding hydrogens is 366 g/mol. The summed E-state index contributed by atoms with van der Waals surface area (Å²) in [6, 6.07) is 9.53. The van der Waals surface area contributed by atoms with E-state index in [1.165, 1.54) is 0 Å². The molecule has 0 aliphatic rings. The average molecular weight is 383 g/mol. The number of nitrogens with one attached hydrogen (secondary N) is 3. The number of aryl methyl sites for hydroxylation is 1. The van der Waals surface area contributed by atoms with Gasteiger partial charge in [0, 0.05) is 42.4 Å². The zero-order valence-electron chi connectivity index (χ0n) is 15.5. The number of rotatable bonds is 4. The molecule has 8 nitrogen and oxygen atoms in total. The van der Waals surface area contributed by atoms with Gasteiger partial charge in [0.1, 0.15) is 11.4 Å². The number of anilines is 2. The van der Waals surface area contributed by atoms with Gasteiger partial charge in [-0.1, -0.05) is 0 Å². The Hall–Kier alpha value is -4.20. The summed E-state index contributed by atoms with van der Waals surface area (Å²) in [6.45, 7) is 2.00. The average Bonchev–Trinajstić information content (AvgIpc) is 3.39. The molecular formula is C21H17N7O. The summed E-state index contributed by atoms with van der Waals surface area (Å²) in [7, 11) is 0. The number of hydrogen-bond acceptors (Lipinski definition) is 5. The van der Waals surface area contributed by atoms with E-state index in [9.17, 15) is 4.79 Å². The molecule has 8 heteroatoms. The zero-order valence-corrected chi connectivity index (χ0v) is 15.5. The second-order valence-corrected chi connectivity index (χ2v) is 6.67. The minimum Gasteiger partial charge on any atom is -0.355 e. The van der Waals surface area contributed by atoms with Crippen LogP contribution in [0.3, 0.4) is 0 Å². The standard InChI is InChI=1S/C21H17N7O/c1-13-10-15(28-9-8-23-12-28)11-17-19(13)27-20(26-17)18-16(4-7-24-21(18)29)25-14-2-5-22-6-3-14/h2-12H,1H3,(H,26,27)(H2,22,24,25,29). The number of pyridine rings is 2. The molecule has 0 bridgehead atoms. The van der Waals surface area contributed by atoms with Crippen LogP contribution in [0.15, 0.2) is 72.4 Å². The molecule has 142 valence electrons. The Morgan fingerprint density at radius 2 is 1.93 bits per heavy atom. The van der Waals surface area contributed by atoms with Crippen LogP contribution in [0.1, 0.15) is 5.56 Å². The highest BCUT2D eigenvalue weighted by Crippen LogP contribution is 2.28. The predicted octanol–water partition coefficient (Wildman–Crippen LogP) is 3.55. The van der Waals surface area contributed by atoms with Crippen molar-refractivity contribution in [3.63, 3.8) is 0 Å². The Balaban J connectivity index is 1.64. The van der Waals surface area contributed by atoms with E-state index in [2.05, 4.69) is 25.3 Å². The first-order valence-corrected chi connectivity index (χ1v) is 9.07. The molecule has 0 radical (unpaired) electrons. The highest BCUT2D eigenvalue weighted by atomic mass is 16.1. The van der Waals surface area contributed by atoms with Crippen LogP contribution in [-0.2, 0) is 0 Å². The minimum absolute atomic E-state index is 0.226. The van der Waals surface area contributed by atoms with Crippen LogP contribution in [0.5, 0.6) is 0 Å². The molecule has 0 saturated carbocycles. The Morgan fingerprint density at radius 1 is 1.07 bits per heavy atom. The Morgan fingerprint density at radius 3 is 2.72 bits per heavy atom. The van der Waals surface area contributed by atoms with E-state index in [-0.39, 0.29) is 5.56 Å². The lowest BCUT2D eigenvalue weighted by atomic mass is 10.2. The number of fused-ring (bicyclic) bond motifs is 1. The lowest BCUT2D eigenvalue weighted by molar-refractivity contribution is 1.06. The third-order valence-electron chi connectivity index (χ3n) is 4.72. The smallest absolute Gasteiger partial charge is 0.261 e. The molecule has 0 aliphatic heterocycles. The van der Waals surface area contributed by atoms with Gasteiger partial charge < -0.3 is 19.9 Å². The molecule has 0 amide bonds. The van der Waals surface area contributed by atoms with Gasteiger partial charge in [-0.2, -0.15) is 0 Å². The van der Waals surface area contributed by atoms with Crippen LogP contribution >= 0.6 is 0 Å². The third-order valence-corrected chi connectivity index (χ3v) is 4.72. The van der Waals surface area contributed by atoms with Gasteiger partial charge in [-0.3, -0.25) is 9.78 Å². The Bertz CT molecular complexity index is 1350. The van der Waals surface area contributed by atoms with E-state index in [1.54, 1.807) is 31.1 Å². The molecule has 0 fully saturated rings. The summed E-state index contributed by atoms with van der Waals surface area (Å²) >= 11 is 0. The van der Waals surface area contributed by atoms with E-state index in [4.69, 9.17) is 4.98 Å². The maximum Gasteiger partial charge on any atom is 0.261 e. The number of aromatic nitrogens is 6. The van der Waals surface area contributed by atoms with Crippen LogP contribution < -0.4 is 10.9 Å². The molecule has 3 N–H and O–H groups in total. The first-order valence-electron chi connectivity index (χ1n) is 9.07. The first-order chi connectivity index (χ1) is 14.2. The topological polar surface area (TPSA) is 104 Å². The van der Waals surface area contributed by atoms with Gasteiger partial charge in [-0.25, -0.2) is 9.97 Å². The summed E-state index contributed by atoms with van der Waals surface area (Å²) in [5.74, 6) is 0.504. The molecule has 0 spiro atoms. The minimum atomic E-state index is -0.226. The van der Waals surface area contributed by atoms with Crippen LogP contribution in [-0.4, -0.2) is 29.5 Å². The SMILES string of the molecule is Cc1cc(-n2ccnc2)cc2[nH]c(-c3c(Nc4ccncc4)cc[nH]c3=O)nc12. The lowest BCUT2D eigenvalue weighted by Crippen LogP contribution is -2.11. The molecule has 5 rings (SSSR count). The van der Waals surface area contributed by atoms with Gasteiger partial charge in [0.15, 0.2) is 0 Å². The summed E-state index contributed by atoms with van der Waals surface area (Å²) < 4.78 is 1.93. The van der Waals surface area contributed by atoms with Crippen LogP contribution in [0.2, 0.25) is 0 Å². The molecule has 0 atom stereocenters. The molecule has 5 aromatic rings. The van der Waals surface area contributed by atoms with Crippen molar-refractivity contribution in [3.05, 3.63) is 83.6 Å². The van der Waals surface area contributed by atoms with Crippen molar-refractivity contribution in [2.45, 2.75) is 6.92 Å². The summed E-state index contributed by atoms with van der Waals surface area (Å²) in [5, 5.41) is 3.27. The normalized spacial score (nSPS) is 11.1. The number of benzene rings is 1. The van der Waals surface area contributed by atoms with Crippen molar-refractivity contribution in [1.82, 2.24) is 29.5 Å². The van der Waals surface area contributed by atoms with Crippen LogP contribution in [0.4, 0.5) is 11.4 Å². The Kier molecular flexibility index (Phi) is 3.94. The molecule has 4 aromatic heterocycles. The number of nitrogens with zero attached hydrogens (tertiary/aromatic N) is 4. The number of H-pyrrole nitrogens is 2. The van der Waals surface area contributed by atoms with Gasteiger partial charge in [0.2, 0.25) is 0 Å². The van der Waals surface area contributed by atoms with Gasteiger partial charge in [-0.15, -0.1) is 0 Å². The second kappa shape index (κ2) is 6.75. The van der Waals surface area contributed by atoms with Crippen molar-refractivity contribution < 1.29 is 0 Å². The van der Waals surface area contributed by atoms with Gasteiger partial charge in [-0.05, 0) is 42.8 Å². The fourth-order valence-corrected chi connectivity index (χ4v) is 3.36. The molecule has 1 aromatic carbocycles. The highest BCUT2D eigenvalue weighted by molar-refractivity contribution is 5.87. The van der Waals surface area contributed by atoms with E-state index < -0.39 is 0 Å². The first kappa shape index (κ1) is 16.9. The maximum absolute atomic E-state index is 12.7. The van der Waals surface area contributed by atoms with E-state index >= 15 is 0 Å². The summed E-state index contributed by atoms with van der Waals surface area (Å²) in [5.41, 5.74) is 5.36. The number of aromatic amines is 2. The van der Waals surface area contributed by atoms with Gasteiger partial charge in [0.05, 0.1) is 23.0 Å². The van der Waals surface area contributed by atoms with Crippen molar-refractivity contribution in [2.24, 2.45) is 0 Å². The molecule has 0 unspecified atom stereocenters. The number of hydrogen-bond donors (Lipinski definition) is 3. The highest BCUT2D eigenvalue weighted by Gasteiger charge is 2.16. The van der Waals surface area contributed by atoms with Gasteiger partial charge in [0.25, 0.3) is 5.56 Å². The lowest BCUT2D eigenvalue weighted by Gasteiger charge is -2.09. The molecule has 4 heterocycles. The van der Waals surface area contributed by atoms with Crippen LogP contribution in [0, 0.1) is 6.92 Å². The summed E-state index contributed by atoms with van der Waals surface area (Å²) in [4.78, 5) is 31.5.